The third kappa shape index (κ3) is 3.88. The molecule has 1 aromatic rings. The van der Waals surface area contributed by atoms with Crippen molar-refractivity contribution < 1.29 is 49.2 Å². The number of aromatic nitrogens is 2. The second-order valence-corrected chi connectivity index (χ2v) is 5.42. The lowest BCUT2D eigenvalue weighted by atomic mass is 9.89. The highest BCUT2D eigenvalue weighted by atomic mass is 31.2. The molecule has 1 aromatic heterocycles. The van der Waals surface area contributed by atoms with E-state index in [0.29, 0.717) is 0 Å². The van der Waals surface area contributed by atoms with Crippen LogP contribution in [0.5, 0.6) is 0 Å². The number of phosphoric ester groups is 1. The molecule has 0 spiro atoms. The van der Waals surface area contributed by atoms with Gasteiger partial charge in [0.05, 0.1) is 6.61 Å². The van der Waals surface area contributed by atoms with Gasteiger partial charge in [-0.05, 0) is 0 Å². The lowest BCUT2D eigenvalue weighted by Gasteiger charge is -2.32. The van der Waals surface area contributed by atoms with Gasteiger partial charge in [0.15, 0.2) is 5.82 Å². The standard InChI is InChI=1S/C9H15N2O10P/c12-3-4(13)5(14)6(15)9(17,7-10-1-2-11-7)8(16)21-22(18,19)20/h1-2,4-6,12-15,17H,3H2,(H,10,11)(H2,18,19,20)/t4-,5-,6+,9+/m1/s1. The second kappa shape index (κ2) is 6.81. The molecule has 0 aliphatic heterocycles. The summed E-state index contributed by atoms with van der Waals surface area (Å²) in [5.74, 6) is -2.73. The molecule has 0 fully saturated rings. The van der Waals surface area contributed by atoms with Gasteiger partial charge in [-0.3, -0.25) is 9.79 Å². The maximum Gasteiger partial charge on any atom is 0.527 e. The van der Waals surface area contributed by atoms with Crippen LogP contribution in [-0.4, -0.2) is 76.2 Å². The van der Waals surface area contributed by atoms with Gasteiger partial charge in [-0.25, -0.2) is 14.3 Å². The molecule has 0 amide bonds. The van der Waals surface area contributed by atoms with Crippen molar-refractivity contribution in [2.75, 3.05) is 6.61 Å². The van der Waals surface area contributed by atoms with Gasteiger partial charge in [-0.2, -0.15) is 0 Å². The first-order valence-corrected chi connectivity index (χ1v) is 7.24. The number of carbonyl (C=O) groups is 1. The fourth-order valence-corrected chi connectivity index (χ4v) is 1.93. The molecule has 1 heterocycles. The molecule has 0 unspecified atom stereocenters. The highest BCUT2D eigenvalue weighted by Gasteiger charge is 2.54. The zero-order valence-corrected chi connectivity index (χ0v) is 11.7. The molecule has 0 saturated carbocycles. The Balaban J connectivity index is 3.24. The van der Waals surface area contributed by atoms with E-state index in [0.717, 1.165) is 12.4 Å². The number of nitrogens with one attached hydrogen (secondary N) is 1. The molecule has 0 radical (unpaired) electrons. The Bertz CT molecular complexity index is 545. The molecule has 13 heteroatoms. The maximum atomic E-state index is 11.8. The Labute approximate surface area is 122 Å². The Kier molecular flexibility index (Phi) is 5.78. The molecule has 0 aromatic carbocycles. The summed E-state index contributed by atoms with van der Waals surface area (Å²) in [5.41, 5.74) is -3.24. The zero-order valence-electron chi connectivity index (χ0n) is 10.8. The lowest BCUT2D eigenvalue weighted by Crippen LogP contribution is -2.56. The normalized spacial score (nSPS) is 19.0. The van der Waals surface area contributed by atoms with Crippen molar-refractivity contribution in [1.82, 2.24) is 9.97 Å². The number of hydrogen-bond acceptors (Lipinski definition) is 9. The van der Waals surface area contributed by atoms with Crippen LogP contribution >= 0.6 is 7.82 Å². The number of aliphatic hydroxyl groups excluding tert-OH is 4. The minimum Gasteiger partial charge on any atom is -0.394 e. The van der Waals surface area contributed by atoms with Gasteiger partial charge < -0.3 is 35.0 Å². The van der Waals surface area contributed by atoms with Gasteiger partial charge in [0.2, 0.25) is 5.60 Å². The first-order valence-electron chi connectivity index (χ1n) is 5.71. The van der Waals surface area contributed by atoms with Crippen LogP contribution in [0, 0.1) is 0 Å². The quantitative estimate of drug-likeness (QED) is 0.226. The number of hydrogen-bond donors (Lipinski definition) is 8. The first kappa shape index (κ1) is 18.7. The third-order valence-electron chi connectivity index (χ3n) is 2.71. The van der Waals surface area contributed by atoms with Crippen molar-refractivity contribution in [3.8, 4) is 0 Å². The Morgan fingerprint density at radius 2 is 2.00 bits per heavy atom. The van der Waals surface area contributed by atoms with E-state index in [-0.39, 0.29) is 0 Å². The maximum absolute atomic E-state index is 11.8. The molecule has 0 aliphatic carbocycles. The number of aromatic amines is 1. The fraction of sp³-hybridized carbons (Fsp3) is 0.556. The van der Waals surface area contributed by atoms with Crippen LogP contribution in [0.2, 0.25) is 0 Å². The van der Waals surface area contributed by atoms with Gasteiger partial charge in [0, 0.05) is 12.4 Å². The van der Waals surface area contributed by atoms with Crippen LogP contribution in [0.15, 0.2) is 12.4 Å². The van der Waals surface area contributed by atoms with Crippen LogP contribution in [0.1, 0.15) is 5.82 Å². The number of phosphoric acid groups is 1. The predicted octanol–water partition coefficient (Wildman–Crippen LogP) is -3.69. The SMILES string of the molecule is O=C(OP(=O)(O)O)[C@@](O)(c1ncc[nH]1)[C@@H](O)[C@H](O)[C@H](O)CO. The van der Waals surface area contributed by atoms with Crippen molar-refractivity contribution in [2.45, 2.75) is 23.9 Å². The number of nitrogens with zero attached hydrogens (tertiary/aromatic N) is 1. The van der Waals surface area contributed by atoms with E-state index in [4.69, 9.17) is 14.9 Å². The number of rotatable bonds is 7. The van der Waals surface area contributed by atoms with Crippen LogP contribution in [0.4, 0.5) is 0 Å². The van der Waals surface area contributed by atoms with Crippen LogP contribution in [0.25, 0.3) is 0 Å². The highest BCUT2D eigenvalue weighted by molar-refractivity contribution is 7.46. The molecule has 4 atom stereocenters. The van der Waals surface area contributed by atoms with E-state index in [1.807, 2.05) is 0 Å². The molecule has 1 rings (SSSR count). The van der Waals surface area contributed by atoms with E-state index in [9.17, 15) is 29.8 Å². The summed E-state index contributed by atoms with van der Waals surface area (Å²) in [4.78, 5) is 34.7. The smallest absolute Gasteiger partial charge is 0.394 e. The van der Waals surface area contributed by atoms with Crippen LogP contribution in [0.3, 0.4) is 0 Å². The number of carbonyl (C=O) groups excluding carboxylic acids is 1. The molecule has 12 nitrogen and oxygen atoms in total. The number of H-pyrrole nitrogens is 1. The number of imidazole rings is 1. The van der Waals surface area contributed by atoms with Gasteiger partial charge in [-0.15, -0.1) is 0 Å². The Morgan fingerprint density at radius 3 is 2.41 bits per heavy atom. The molecular weight excluding hydrogens is 327 g/mol. The van der Waals surface area contributed by atoms with Gasteiger partial charge in [0.1, 0.15) is 18.3 Å². The molecule has 8 N–H and O–H groups in total. The topological polar surface area (TPSA) is 214 Å². The van der Waals surface area contributed by atoms with Crippen LogP contribution in [-0.2, 0) is 19.5 Å². The third-order valence-corrected chi connectivity index (χ3v) is 3.11. The average molecular weight is 342 g/mol. The van der Waals surface area contributed by atoms with Crippen molar-refractivity contribution in [3.63, 3.8) is 0 Å². The minimum absolute atomic E-state index is 0.706. The first-order chi connectivity index (χ1) is 10.0. The van der Waals surface area contributed by atoms with Gasteiger partial charge in [0.25, 0.3) is 0 Å². The molecule has 0 saturated heterocycles. The van der Waals surface area contributed by atoms with Crippen molar-refractivity contribution >= 4 is 13.8 Å². The van der Waals surface area contributed by atoms with Crippen molar-refractivity contribution in [1.29, 1.82) is 0 Å². The molecule has 0 bridgehead atoms. The van der Waals surface area contributed by atoms with E-state index in [2.05, 4.69) is 14.5 Å². The van der Waals surface area contributed by atoms with Crippen molar-refractivity contribution in [3.05, 3.63) is 18.2 Å². The molecular formula is C9H15N2O10P. The van der Waals surface area contributed by atoms with Gasteiger partial charge >= 0.3 is 13.8 Å². The summed E-state index contributed by atoms with van der Waals surface area (Å²) >= 11 is 0. The van der Waals surface area contributed by atoms with Crippen molar-refractivity contribution in [2.24, 2.45) is 0 Å². The van der Waals surface area contributed by atoms with E-state index in [1.165, 1.54) is 0 Å². The predicted molar refractivity (Wildman–Crippen MR) is 65.7 cm³/mol. The monoisotopic (exact) mass is 342 g/mol. The molecule has 22 heavy (non-hydrogen) atoms. The lowest BCUT2D eigenvalue weighted by molar-refractivity contribution is -0.194. The molecule has 126 valence electrons. The Morgan fingerprint density at radius 1 is 1.41 bits per heavy atom. The summed E-state index contributed by atoms with van der Waals surface area (Å²) in [6, 6.07) is 0. The second-order valence-electron chi connectivity index (χ2n) is 4.26. The molecule has 0 aliphatic rings. The average Bonchev–Trinajstić information content (AvgIpc) is 2.96. The summed E-state index contributed by atoms with van der Waals surface area (Å²) in [6.07, 6.45) is -4.61. The van der Waals surface area contributed by atoms with E-state index >= 15 is 0 Å². The summed E-state index contributed by atoms with van der Waals surface area (Å²) in [6.45, 7) is -1.03. The van der Waals surface area contributed by atoms with Gasteiger partial charge in [-0.1, -0.05) is 0 Å². The van der Waals surface area contributed by atoms with E-state index in [1.54, 1.807) is 0 Å². The summed E-state index contributed by atoms with van der Waals surface area (Å²) < 4.78 is 14.4. The Hall–Kier alpha value is -1.37. The van der Waals surface area contributed by atoms with Crippen LogP contribution < -0.4 is 0 Å². The fourth-order valence-electron chi connectivity index (χ4n) is 1.57. The summed E-state index contributed by atoms with van der Waals surface area (Å²) in [7, 11) is -5.38. The largest absolute Gasteiger partial charge is 0.527 e. The van der Waals surface area contributed by atoms with E-state index < -0.39 is 50.1 Å². The number of aliphatic hydroxyl groups is 5. The summed E-state index contributed by atoms with van der Waals surface area (Å²) in [5, 5.41) is 47.7. The highest BCUT2D eigenvalue weighted by Crippen LogP contribution is 2.40. The zero-order chi connectivity index (χ0) is 17.1. The minimum atomic E-state index is -5.38.